The van der Waals surface area contributed by atoms with Crippen LogP contribution in [-0.2, 0) is 13.1 Å². The van der Waals surface area contributed by atoms with E-state index in [-0.39, 0.29) is 0 Å². The molecule has 1 saturated carbocycles. The van der Waals surface area contributed by atoms with Crippen molar-refractivity contribution in [3.63, 3.8) is 0 Å². The topological polar surface area (TPSA) is 20.2 Å². The van der Waals surface area contributed by atoms with Gasteiger partial charge in [0, 0.05) is 41.9 Å². The van der Waals surface area contributed by atoms with Crippen molar-refractivity contribution in [2.24, 2.45) is 0 Å². The van der Waals surface area contributed by atoms with Crippen molar-refractivity contribution in [3.8, 4) is 0 Å². The second kappa shape index (κ2) is 9.22. The summed E-state index contributed by atoms with van der Waals surface area (Å²) < 4.78 is 2.35. The fourth-order valence-electron chi connectivity index (χ4n) is 4.73. The van der Waals surface area contributed by atoms with Crippen molar-refractivity contribution in [2.75, 3.05) is 5.32 Å². The maximum atomic E-state index is 6.01. The molecule has 4 rings (SSSR count). The Bertz CT molecular complexity index is 1030. The van der Waals surface area contributed by atoms with E-state index in [1.165, 1.54) is 59.7 Å². The van der Waals surface area contributed by atoms with E-state index in [1.54, 1.807) is 0 Å². The normalized spacial score (nSPS) is 14.8. The van der Waals surface area contributed by atoms with Crippen molar-refractivity contribution in [1.82, 2.24) is 9.47 Å². The first-order valence-electron chi connectivity index (χ1n) is 11.3. The van der Waals surface area contributed by atoms with Crippen LogP contribution in [0, 0.1) is 13.8 Å². The Morgan fingerprint density at radius 2 is 1.83 bits per heavy atom. The third-order valence-corrected chi connectivity index (χ3v) is 7.01. The molecule has 1 aliphatic rings. The van der Waals surface area contributed by atoms with Gasteiger partial charge in [-0.25, -0.2) is 0 Å². The summed E-state index contributed by atoms with van der Waals surface area (Å²) in [6.45, 7) is 8.37. The molecule has 0 amide bonds. The smallest absolute Gasteiger partial charge is 0.173 e. The van der Waals surface area contributed by atoms with Gasteiger partial charge in [0.15, 0.2) is 5.11 Å². The van der Waals surface area contributed by atoms with E-state index < -0.39 is 0 Å². The Morgan fingerprint density at radius 1 is 1.07 bits per heavy atom. The van der Waals surface area contributed by atoms with Gasteiger partial charge in [-0.1, -0.05) is 49.6 Å². The Balaban J connectivity index is 1.65. The summed E-state index contributed by atoms with van der Waals surface area (Å²) in [5.41, 5.74) is 6.36. The Labute approximate surface area is 186 Å². The van der Waals surface area contributed by atoms with Crippen LogP contribution in [0.5, 0.6) is 0 Å². The van der Waals surface area contributed by atoms with E-state index in [4.69, 9.17) is 12.2 Å². The van der Waals surface area contributed by atoms with Crippen LogP contribution in [0.15, 0.2) is 48.7 Å². The molecule has 0 aliphatic heterocycles. The summed E-state index contributed by atoms with van der Waals surface area (Å²) in [6.07, 6.45) is 8.70. The summed E-state index contributed by atoms with van der Waals surface area (Å²) in [4.78, 5) is 2.46. The maximum absolute atomic E-state index is 6.01. The highest BCUT2D eigenvalue weighted by Gasteiger charge is 2.25. The zero-order chi connectivity index (χ0) is 21.1. The molecular weight excluding hydrogens is 386 g/mol. The Hall–Kier alpha value is -2.33. The van der Waals surface area contributed by atoms with Gasteiger partial charge in [0.05, 0.1) is 0 Å². The summed E-state index contributed by atoms with van der Waals surface area (Å²) in [7, 11) is 0. The van der Waals surface area contributed by atoms with Crippen LogP contribution in [-0.4, -0.2) is 20.6 Å². The van der Waals surface area contributed by atoms with Gasteiger partial charge in [0.1, 0.15) is 0 Å². The van der Waals surface area contributed by atoms with Crippen LogP contribution in [0.3, 0.4) is 0 Å². The van der Waals surface area contributed by atoms with E-state index in [0.29, 0.717) is 6.04 Å². The molecule has 3 nitrogen and oxygen atoms in total. The minimum Gasteiger partial charge on any atom is -0.347 e. The molecule has 158 valence electrons. The van der Waals surface area contributed by atoms with Crippen molar-refractivity contribution in [1.29, 1.82) is 0 Å². The van der Waals surface area contributed by atoms with Gasteiger partial charge >= 0.3 is 0 Å². The standard InChI is InChI=1S/C26H33N3S/c1-4-28-17-21(23-14-8-9-16-25(23)28)18-29(22-12-6-5-7-13-22)26(30)27-24-15-10-11-19(2)20(24)3/h8-11,14-17,22H,4-7,12-13,18H2,1-3H3,(H,27,30). The van der Waals surface area contributed by atoms with Gasteiger partial charge in [0.25, 0.3) is 0 Å². The fraction of sp³-hybridized carbons (Fsp3) is 0.423. The quantitative estimate of drug-likeness (QED) is 0.459. The first-order valence-corrected chi connectivity index (χ1v) is 11.7. The first kappa shape index (κ1) is 20.9. The molecule has 1 aromatic heterocycles. The molecule has 0 bridgehead atoms. The number of aryl methyl sites for hydroxylation is 2. The average molecular weight is 420 g/mol. The zero-order valence-electron chi connectivity index (χ0n) is 18.4. The molecular formula is C26H33N3S. The van der Waals surface area contributed by atoms with Gasteiger partial charge < -0.3 is 14.8 Å². The number of rotatable bonds is 5. The average Bonchev–Trinajstić information content (AvgIpc) is 3.13. The molecule has 0 radical (unpaired) electrons. The van der Waals surface area contributed by atoms with E-state index in [1.807, 2.05) is 0 Å². The van der Waals surface area contributed by atoms with Crippen molar-refractivity contribution < 1.29 is 0 Å². The number of hydrogen-bond acceptors (Lipinski definition) is 1. The van der Waals surface area contributed by atoms with Gasteiger partial charge in [-0.05, 0) is 74.7 Å². The van der Waals surface area contributed by atoms with Crippen LogP contribution in [0.4, 0.5) is 5.69 Å². The van der Waals surface area contributed by atoms with E-state index in [9.17, 15) is 0 Å². The summed E-state index contributed by atoms with van der Waals surface area (Å²) >= 11 is 6.01. The second-order valence-electron chi connectivity index (χ2n) is 8.55. The lowest BCUT2D eigenvalue weighted by molar-refractivity contribution is 0.241. The van der Waals surface area contributed by atoms with E-state index >= 15 is 0 Å². The monoisotopic (exact) mass is 419 g/mol. The predicted octanol–water partition coefficient (Wildman–Crippen LogP) is 6.81. The molecule has 1 N–H and O–H groups in total. The molecule has 0 spiro atoms. The van der Waals surface area contributed by atoms with Gasteiger partial charge in [0.2, 0.25) is 0 Å². The van der Waals surface area contributed by atoms with Gasteiger partial charge in [-0.15, -0.1) is 0 Å². The third kappa shape index (κ3) is 4.24. The van der Waals surface area contributed by atoms with Crippen molar-refractivity contribution in [2.45, 2.75) is 72.0 Å². The number of hydrogen-bond donors (Lipinski definition) is 1. The summed E-state index contributed by atoms with van der Waals surface area (Å²) in [5, 5.41) is 5.78. The second-order valence-corrected chi connectivity index (χ2v) is 8.94. The van der Waals surface area contributed by atoms with E-state index in [2.05, 4.69) is 84.2 Å². The molecule has 4 heteroatoms. The number of aromatic nitrogens is 1. The Kier molecular flexibility index (Phi) is 6.43. The fourth-order valence-corrected chi connectivity index (χ4v) is 5.05. The third-order valence-electron chi connectivity index (χ3n) is 6.68. The highest BCUT2D eigenvalue weighted by atomic mass is 32.1. The largest absolute Gasteiger partial charge is 0.347 e. The van der Waals surface area contributed by atoms with Crippen LogP contribution in [0.1, 0.15) is 55.7 Å². The number of para-hydroxylation sites is 1. The maximum Gasteiger partial charge on any atom is 0.173 e. The van der Waals surface area contributed by atoms with Gasteiger partial charge in [-0.2, -0.15) is 0 Å². The summed E-state index contributed by atoms with van der Waals surface area (Å²) in [6, 6.07) is 15.6. The Morgan fingerprint density at radius 3 is 2.60 bits per heavy atom. The first-order chi connectivity index (χ1) is 14.6. The SMILES string of the molecule is CCn1cc(CN(C(=S)Nc2cccc(C)c2C)C2CCCCC2)c2ccccc21. The molecule has 1 heterocycles. The molecule has 1 aliphatic carbocycles. The lowest BCUT2D eigenvalue weighted by Crippen LogP contribution is -2.43. The number of anilines is 1. The highest BCUT2D eigenvalue weighted by Crippen LogP contribution is 2.29. The lowest BCUT2D eigenvalue weighted by atomic mass is 9.94. The number of fused-ring (bicyclic) bond motifs is 1. The zero-order valence-corrected chi connectivity index (χ0v) is 19.3. The molecule has 1 fully saturated rings. The minimum atomic E-state index is 0.507. The van der Waals surface area contributed by atoms with Crippen LogP contribution in [0.25, 0.3) is 10.9 Å². The van der Waals surface area contributed by atoms with Crippen LogP contribution < -0.4 is 5.32 Å². The van der Waals surface area contributed by atoms with E-state index in [0.717, 1.165) is 23.9 Å². The highest BCUT2D eigenvalue weighted by molar-refractivity contribution is 7.80. The number of nitrogens with one attached hydrogen (secondary N) is 1. The minimum absolute atomic E-state index is 0.507. The predicted molar refractivity (Wildman–Crippen MR) is 132 cm³/mol. The number of thiocarbonyl (C=S) groups is 1. The molecule has 30 heavy (non-hydrogen) atoms. The molecule has 3 aromatic rings. The van der Waals surface area contributed by atoms with Crippen LogP contribution >= 0.6 is 12.2 Å². The molecule has 0 saturated heterocycles. The van der Waals surface area contributed by atoms with Gasteiger partial charge in [-0.3, -0.25) is 0 Å². The van der Waals surface area contributed by atoms with Crippen molar-refractivity contribution in [3.05, 3.63) is 65.4 Å². The number of benzene rings is 2. The van der Waals surface area contributed by atoms with Crippen molar-refractivity contribution >= 4 is 33.9 Å². The molecule has 0 unspecified atom stereocenters. The lowest BCUT2D eigenvalue weighted by Gasteiger charge is -2.36. The van der Waals surface area contributed by atoms with Crippen LogP contribution in [0.2, 0.25) is 0 Å². The molecule has 2 aromatic carbocycles. The molecule has 0 atom stereocenters. The summed E-state index contributed by atoms with van der Waals surface area (Å²) in [5.74, 6) is 0. The number of nitrogens with zero attached hydrogens (tertiary/aromatic N) is 2.